The minimum Gasteiger partial charge on any atom is -0.486 e. The number of hydrogen-bond donors (Lipinski definition) is 1. The first kappa shape index (κ1) is 19.5. The molecule has 0 unspecified atom stereocenters. The van der Waals surface area contributed by atoms with Gasteiger partial charge in [-0.3, -0.25) is 9.69 Å². The zero-order valence-electron chi connectivity index (χ0n) is 16.7. The Morgan fingerprint density at radius 2 is 1.72 bits per heavy atom. The van der Waals surface area contributed by atoms with E-state index in [4.69, 9.17) is 9.47 Å². The number of likely N-dealkylation sites (tertiary alicyclic amines) is 1. The summed E-state index contributed by atoms with van der Waals surface area (Å²) in [7, 11) is 0. The third-order valence-corrected chi connectivity index (χ3v) is 5.41. The number of piperidine rings is 1. The molecule has 152 valence electrons. The van der Waals surface area contributed by atoms with Gasteiger partial charge in [0.05, 0.1) is 0 Å². The Balaban J connectivity index is 1.33. The first-order chi connectivity index (χ1) is 14.3. The zero-order valence-corrected chi connectivity index (χ0v) is 16.7. The second-order valence-corrected chi connectivity index (χ2v) is 7.56. The van der Waals surface area contributed by atoms with Gasteiger partial charge in [0.2, 0.25) is 5.91 Å². The molecule has 29 heavy (non-hydrogen) atoms. The fraction of sp³-hybridized carbons (Fsp3) is 0.375. The van der Waals surface area contributed by atoms with Gasteiger partial charge in [0, 0.05) is 19.2 Å². The summed E-state index contributed by atoms with van der Waals surface area (Å²) in [6.07, 6.45) is 7.27. The second-order valence-electron chi connectivity index (χ2n) is 7.56. The first-order valence-corrected chi connectivity index (χ1v) is 10.4. The van der Waals surface area contributed by atoms with Crippen molar-refractivity contribution in [2.24, 2.45) is 0 Å². The minimum atomic E-state index is -0.104. The summed E-state index contributed by atoms with van der Waals surface area (Å²) in [5, 5.41) is 3.01. The van der Waals surface area contributed by atoms with Crippen molar-refractivity contribution in [3.63, 3.8) is 0 Å². The summed E-state index contributed by atoms with van der Waals surface area (Å²) in [6, 6.07) is 14.1. The number of carbonyl (C=O) groups excluding carboxylic acids is 1. The smallest absolute Gasteiger partial charge is 0.244 e. The molecule has 2 aromatic rings. The van der Waals surface area contributed by atoms with E-state index >= 15 is 0 Å². The van der Waals surface area contributed by atoms with Crippen LogP contribution in [0.2, 0.25) is 0 Å². The van der Waals surface area contributed by atoms with Crippen LogP contribution < -0.4 is 14.8 Å². The molecular formula is C24H28N2O3. The van der Waals surface area contributed by atoms with Crippen LogP contribution in [0.1, 0.15) is 36.0 Å². The number of hydrogen-bond acceptors (Lipinski definition) is 4. The van der Waals surface area contributed by atoms with Crippen LogP contribution in [-0.2, 0) is 17.9 Å². The van der Waals surface area contributed by atoms with E-state index in [1.807, 2.05) is 24.3 Å². The number of fused-ring (bicyclic) bond motifs is 1. The monoisotopic (exact) mass is 392 g/mol. The van der Waals surface area contributed by atoms with Crippen LogP contribution in [0.3, 0.4) is 0 Å². The number of amides is 1. The second kappa shape index (κ2) is 9.61. The summed E-state index contributed by atoms with van der Waals surface area (Å²) < 4.78 is 11.1. The summed E-state index contributed by atoms with van der Waals surface area (Å²) in [6.45, 7) is 4.95. The average molecular weight is 392 g/mol. The van der Waals surface area contributed by atoms with Gasteiger partial charge in [0.25, 0.3) is 0 Å². The van der Waals surface area contributed by atoms with E-state index in [2.05, 4.69) is 28.4 Å². The highest BCUT2D eigenvalue weighted by Gasteiger charge is 2.13. The molecule has 5 heteroatoms. The standard InChI is InChI=1S/C24H28N2O3/c27-24(11-9-19-8-10-22-23(16-19)29-15-14-28-22)25-17-20-6-2-3-7-21(20)18-26-12-4-1-5-13-26/h2-3,6-11,16H,1,4-5,12-15,17-18H2,(H,25,27)/b11-9+. The number of nitrogens with one attached hydrogen (secondary N) is 1. The van der Waals surface area contributed by atoms with E-state index in [0.717, 1.165) is 23.6 Å². The largest absolute Gasteiger partial charge is 0.486 e. The molecule has 2 aromatic carbocycles. The maximum absolute atomic E-state index is 12.3. The van der Waals surface area contributed by atoms with Crippen LogP contribution in [0.25, 0.3) is 6.08 Å². The normalized spacial score (nSPS) is 16.7. The van der Waals surface area contributed by atoms with Gasteiger partial charge in [0.1, 0.15) is 13.2 Å². The van der Waals surface area contributed by atoms with Crippen molar-refractivity contribution >= 4 is 12.0 Å². The Bertz CT molecular complexity index is 872. The molecule has 2 aliphatic rings. The summed E-state index contributed by atoms with van der Waals surface area (Å²) in [4.78, 5) is 14.8. The maximum Gasteiger partial charge on any atom is 0.244 e. The molecule has 5 nitrogen and oxygen atoms in total. The van der Waals surface area contributed by atoms with Crippen LogP contribution in [0.15, 0.2) is 48.5 Å². The van der Waals surface area contributed by atoms with Crippen molar-refractivity contribution < 1.29 is 14.3 Å². The van der Waals surface area contributed by atoms with Gasteiger partial charge >= 0.3 is 0 Å². The lowest BCUT2D eigenvalue weighted by atomic mass is 10.0. The number of nitrogens with zero attached hydrogens (tertiary/aromatic N) is 1. The summed E-state index contributed by atoms with van der Waals surface area (Å²) in [5.41, 5.74) is 3.39. The number of benzene rings is 2. The molecule has 0 atom stereocenters. The van der Waals surface area contributed by atoms with Crippen LogP contribution in [0.4, 0.5) is 0 Å². The quantitative estimate of drug-likeness (QED) is 0.761. The lowest BCUT2D eigenvalue weighted by Gasteiger charge is -2.27. The predicted octanol–water partition coefficient (Wildman–Crippen LogP) is 3.77. The molecule has 4 rings (SSSR count). The van der Waals surface area contributed by atoms with Gasteiger partial charge in [-0.2, -0.15) is 0 Å². The molecule has 1 fully saturated rings. The van der Waals surface area contributed by atoms with Crippen molar-refractivity contribution in [3.8, 4) is 11.5 Å². The number of carbonyl (C=O) groups is 1. The van der Waals surface area contributed by atoms with Gasteiger partial charge < -0.3 is 14.8 Å². The molecule has 1 saturated heterocycles. The van der Waals surface area contributed by atoms with Gasteiger partial charge in [-0.05, 0) is 60.8 Å². The topological polar surface area (TPSA) is 50.8 Å². The fourth-order valence-electron chi connectivity index (χ4n) is 3.82. The maximum atomic E-state index is 12.3. The van der Waals surface area contributed by atoms with Crippen molar-refractivity contribution in [3.05, 3.63) is 65.2 Å². The van der Waals surface area contributed by atoms with E-state index in [9.17, 15) is 4.79 Å². The van der Waals surface area contributed by atoms with E-state index < -0.39 is 0 Å². The Hall–Kier alpha value is -2.79. The summed E-state index contributed by atoms with van der Waals surface area (Å²) >= 11 is 0. The van der Waals surface area contributed by atoms with Crippen molar-refractivity contribution in [1.29, 1.82) is 0 Å². The van der Waals surface area contributed by atoms with Gasteiger partial charge in [0.15, 0.2) is 11.5 Å². The molecule has 1 N–H and O–H groups in total. The molecule has 0 bridgehead atoms. The van der Waals surface area contributed by atoms with Gasteiger partial charge in [-0.15, -0.1) is 0 Å². The van der Waals surface area contributed by atoms with Crippen LogP contribution in [0.5, 0.6) is 11.5 Å². The zero-order chi connectivity index (χ0) is 19.9. The third-order valence-electron chi connectivity index (χ3n) is 5.41. The lowest BCUT2D eigenvalue weighted by Crippen LogP contribution is -2.30. The first-order valence-electron chi connectivity index (χ1n) is 10.4. The molecule has 0 saturated carbocycles. The van der Waals surface area contributed by atoms with Crippen LogP contribution in [-0.4, -0.2) is 37.1 Å². The summed E-state index contributed by atoms with van der Waals surface area (Å²) in [5.74, 6) is 1.38. The molecular weight excluding hydrogens is 364 g/mol. The third kappa shape index (κ3) is 5.39. The van der Waals surface area contributed by atoms with Gasteiger partial charge in [-0.25, -0.2) is 0 Å². The Kier molecular flexibility index (Phi) is 6.47. The highest BCUT2D eigenvalue weighted by molar-refractivity contribution is 5.91. The molecule has 2 heterocycles. The molecule has 1 amide bonds. The Morgan fingerprint density at radius 3 is 2.55 bits per heavy atom. The molecule has 0 aromatic heterocycles. The molecule has 0 spiro atoms. The minimum absolute atomic E-state index is 0.104. The van der Waals surface area contributed by atoms with E-state index in [0.29, 0.717) is 19.8 Å². The number of rotatable bonds is 6. The van der Waals surface area contributed by atoms with Crippen molar-refractivity contribution in [2.75, 3.05) is 26.3 Å². The average Bonchev–Trinajstić information content (AvgIpc) is 2.77. The Labute approximate surface area is 172 Å². The van der Waals surface area contributed by atoms with Crippen molar-refractivity contribution in [1.82, 2.24) is 10.2 Å². The fourth-order valence-corrected chi connectivity index (χ4v) is 3.82. The lowest BCUT2D eigenvalue weighted by molar-refractivity contribution is -0.116. The molecule has 2 aliphatic heterocycles. The predicted molar refractivity (Wildman–Crippen MR) is 114 cm³/mol. The van der Waals surface area contributed by atoms with Crippen molar-refractivity contribution in [2.45, 2.75) is 32.4 Å². The van der Waals surface area contributed by atoms with E-state index in [-0.39, 0.29) is 5.91 Å². The number of ether oxygens (including phenoxy) is 2. The Morgan fingerprint density at radius 1 is 0.966 bits per heavy atom. The van der Waals surface area contributed by atoms with Crippen LogP contribution >= 0.6 is 0 Å². The SMILES string of the molecule is O=C(/C=C/c1ccc2c(c1)OCCO2)NCc1ccccc1CN1CCCCC1. The van der Waals surface area contributed by atoms with E-state index in [1.165, 1.54) is 43.5 Å². The molecule has 0 radical (unpaired) electrons. The highest BCUT2D eigenvalue weighted by Crippen LogP contribution is 2.31. The van der Waals surface area contributed by atoms with Gasteiger partial charge in [-0.1, -0.05) is 36.8 Å². The molecule has 0 aliphatic carbocycles. The van der Waals surface area contributed by atoms with E-state index in [1.54, 1.807) is 12.2 Å². The highest BCUT2D eigenvalue weighted by atomic mass is 16.6. The van der Waals surface area contributed by atoms with Crippen LogP contribution in [0, 0.1) is 0 Å².